The largest absolute Gasteiger partial charge is 0.492 e. The van der Waals surface area contributed by atoms with Crippen LogP contribution in [0.15, 0.2) is 77.3 Å². The van der Waals surface area contributed by atoms with E-state index in [1.807, 2.05) is 42.5 Å². The molecule has 3 rings (SSSR count). The number of nitrogens with zero attached hydrogens (tertiary/aromatic N) is 1. The summed E-state index contributed by atoms with van der Waals surface area (Å²) >= 11 is 8.81. The maximum atomic E-state index is 12.6. The van der Waals surface area contributed by atoms with Crippen molar-refractivity contribution in [3.05, 3.63) is 88.4 Å². The smallest absolute Gasteiger partial charge is 0.257 e. The van der Waals surface area contributed by atoms with Crippen LogP contribution in [-0.4, -0.2) is 30.7 Å². The van der Waals surface area contributed by atoms with Crippen LogP contribution < -0.4 is 20.3 Å². The highest BCUT2D eigenvalue weighted by molar-refractivity contribution is 9.10. The van der Waals surface area contributed by atoms with E-state index in [4.69, 9.17) is 17.0 Å². The lowest BCUT2D eigenvalue weighted by Crippen LogP contribution is -2.34. The average Bonchev–Trinajstić information content (AvgIpc) is 2.82. The predicted octanol–water partition coefficient (Wildman–Crippen LogP) is 6.04. The molecule has 0 bridgehead atoms. The SMILES string of the molecule is CCN(CC)c1ccc(NC(=S)NC(=O)c2ccc(OCCc3ccccc3)c(Br)c2)cc1. The van der Waals surface area contributed by atoms with Crippen molar-refractivity contribution in [2.75, 3.05) is 29.9 Å². The molecule has 0 saturated heterocycles. The van der Waals surface area contributed by atoms with Crippen LogP contribution in [0.3, 0.4) is 0 Å². The Morgan fingerprint density at radius 1 is 1.00 bits per heavy atom. The van der Waals surface area contributed by atoms with Crippen LogP contribution in [0, 0.1) is 0 Å². The standard InChI is InChI=1S/C26H28BrN3O2S/c1-3-30(4-2)22-13-11-21(12-14-22)28-26(33)29-25(31)20-10-15-24(23(27)18-20)32-17-16-19-8-6-5-7-9-19/h5-15,18H,3-4,16-17H2,1-2H3,(H2,28,29,31,33). The van der Waals surface area contributed by atoms with Crippen molar-refractivity contribution in [2.45, 2.75) is 20.3 Å². The lowest BCUT2D eigenvalue weighted by Gasteiger charge is -2.21. The summed E-state index contributed by atoms with van der Waals surface area (Å²) in [5.74, 6) is 0.403. The van der Waals surface area contributed by atoms with Gasteiger partial charge in [0.05, 0.1) is 11.1 Å². The predicted molar refractivity (Wildman–Crippen MR) is 143 cm³/mol. The number of amides is 1. The zero-order valence-electron chi connectivity index (χ0n) is 18.8. The minimum absolute atomic E-state index is 0.245. The van der Waals surface area contributed by atoms with E-state index in [0.717, 1.165) is 30.9 Å². The van der Waals surface area contributed by atoms with Crippen LogP contribution in [0.5, 0.6) is 5.75 Å². The van der Waals surface area contributed by atoms with Gasteiger partial charge in [0.1, 0.15) is 5.75 Å². The minimum atomic E-state index is -0.288. The number of anilines is 2. The number of hydrogen-bond acceptors (Lipinski definition) is 4. The monoisotopic (exact) mass is 525 g/mol. The zero-order chi connectivity index (χ0) is 23.6. The molecule has 5 nitrogen and oxygen atoms in total. The Kier molecular flexibility index (Phi) is 9.27. The molecule has 0 aliphatic rings. The summed E-state index contributed by atoms with van der Waals surface area (Å²) in [6.07, 6.45) is 0.811. The van der Waals surface area contributed by atoms with E-state index in [0.29, 0.717) is 22.4 Å². The van der Waals surface area contributed by atoms with Crippen molar-refractivity contribution in [1.29, 1.82) is 0 Å². The molecule has 1 amide bonds. The van der Waals surface area contributed by atoms with Gasteiger partial charge in [-0.05, 0) is 90.0 Å². The molecule has 33 heavy (non-hydrogen) atoms. The first-order valence-electron chi connectivity index (χ1n) is 10.9. The molecule has 0 spiro atoms. The molecule has 172 valence electrons. The first kappa shape index (κ1) is 24.7. The molecule has 0 aromatic heterocycles. The second-order valence-corrected chi connectivity index (χ2v) is 8.62. The van der Waals surface area contributed by atoms with E-state index >= 15 is 0 Å². The first-order chi connectivity index (χ1) is 16.0. The highest BCUT2D eigenvalue weighted by atomic mass is 79.9. The van der Waals surface area contributed by atoms with Gasteiger partial charge in [0, 0.05) is 36.4 Å². The highest BCUT2D eigenvalue weighted by Crippen LogP contribution is 2.26. The van der Waals surface area contributed by atoms with Crippen LogP contribution in [-0.2, 0) is 6.42 Å². The quantitative estimate of drug-likeness (QED) is 0.333. The Hall–Kier alpha value is -2.90. The first-order valence-corrected chi connectivity index (χ1v) is 12.1. The third-order valence-corrected chi connectivity index (χ3v) is 5.99. The second-order valence-electron chi connectivity index (χ2n) is 7.36. The minimum Gasteiger partial charge on any atom is -0.492 e. The Morgan fingerprint density at radius 2 is 1.70 bits per heavy atom. The highest BCUT2D eigenvalue weighted by Gasteiger charge is 2.11. The van der Waals surface area contributed by atoms with Gasteiger partial charge in [-0.25, -0.2) is 0 Å². The molecular weight excluding hydrogens is 498 g/mol. The fraction of sp³-hybridized carbons (Fsp3) is 0.231. The number of nitrogens with one attached hydrogen (secondary N) is 2. The fourth-order valence-electron chi connectivity index (χ4n) is 3.36. The van der Waals surface area contributed by atoms with Crippen molar-refractivity contribution in [3.8, 4) is 5.75 Å². The van der Waals surface area contributed by atoms with E-state index in [2.05, 4.69) is 57.4 Å². The van der Waals surface area contributed by atoms with Gasteiger partial charge in [-0.1, -0.05) is 30.3 Å². The van der Waals surface area contributed by atoms with Gasteiger partial charge in [0.25, 0.3) is 5.91 Å². The van der Waals surface area contributed by atoms with Gasteiger partial charge in [-0.15, -0.1) is 0 Å². The summed E-state index contributed by atoms with van der Waals surface area (Å²) in [5.41, 5.74) is 3.67. The van der Waals surface area contributed by atoms with E-state index < -0.39 is 0 Å². The second kappa shape index (κ2) is 12.4. The topological polar surface area (TPSA) is 53.6 Å². The molecule has 0 fully saturated rings. The fourth-order valence-corrected chi connectivity index (χ4v) is 4.07. The molecule has 0 heterocycles. The maximum absolute atomic E-state index is 12.6. The van der Waals surface area contributed by atoms with Gasteiger partial charge in [0.15, 0.2) is 5.11 Å². The van der Waals surface area contributed by atoms with Crippen LogP contribution >= 0.6 is 28.1 Å². The number of hydrogen-bond donors (Lipinski definition) is 2. The number of rotatable bonds is 9. The van der Waals surface area contributed by atoms with Gasteiger partial charge < -0.3 is 15.0 Å². The molecule has 2 N–H and O–H groups in total. The van der Waals surface area contributed by atoms with E-state index in [1.165, 1.54) is 5.56 Å². The molecule has 0 atom stereocenters. The molecule has 7 heteroatoms. The third kappa shape index (κ3) is 7.30. The van der Waals surface area contributed by atoms with Crippen molar-refractivity contribution < 1.29 is 9.53 Å². The van der Waals surface area contributed by atoms with E-state index in [9.17, 15) is 4.79 Å². The Balaban J connectivity index is 1.52. The number of thiocarbonyl (C=S) groups is 1. The molecule has 0 aliphatic carbocycles. The molecule has 0 aliphatic heterocycles. The average molecular weight is 527 g/mol. The Labute approximate surface area is 209 Å². The Bertz CT molecular complexity index is 1070. The summed E-state index contributed by atoms with van der Waals surface area (Å²) in [4.78, 5) is 14.9. The van der Waals surface area contributed by atoms with Crippen LogP contribution in [0.2, 0.25) is 0 Å². The van der Waals surface area contributed by atoms with Crippen LogP contribution in [0.4, 0.5) is 11.4 Å². The summed E-state index contributed by atoms with van der Waals surface area (Å²) in [7, 11) is 0. The lowest BCUT2D eigenvalue weighted by molar-refractivity contribution is 0.0977. The van der Waals surface area contributed by atoms with Crippen LogP contribution in [0.25, 0.3) is 0 Å². The van der Waals surface area contributed by atoms with Gasteiger partial charge in [-0.3, -0.25) is 10.1 Å². The Morgan fingerprint density at radius 3 is 2.33 bits per heavy atom. The number of halogens is 1. The van der Waals surface area contributed by atoms with Gasteiger partial charge >= 0.3 is 0 Å². The summed E-state index contributed by atoms with van der Waals surface area (Å²) in [5, 5.41) is 6.03. The van der Waals surface area contributed by atoms with Crippen molar-refractivity contribution in [1.82, 2.24) is 5.32 Å². The summed E-state index contributed by atoms with van der Waals surface area (Å²) in [6.45, 7) is 6.70. The van der Waals surface area contributed by atoms with E-state index in [1.54, 1.807) is 18.2 Å². The maximum Gasteiger partial charge on any atom is 0.257 e. The lowest BCUT2D eigenvalue weighted by atomic mass is 10.2. The number of benzene rings is 3. The molecule has 3 aromatic carbocycles. The molecular formula is C26H28BrN3O2S. The molecule has 0 unspecified atom stereocenters. The molecule has 3 aromatic rings. The molecule has 0 saturated carbocycles. The number of carbonyl (C=O) groups is 1. The van der Waals surface area contributed by atoms with Crippen molar-refractivity contribution in [2.24, 2.45) is 0 Å². The van der Waals surface area contributed by atoms with Gasteiger partial charge in [-0.2, -0.15) is 0 Å². The van der Waals surface area contributed by atoms with Gasteiger partial charge in [0.2, 0.25) is 0 Å². The third-order valence-electron chi connectivity index (χ3n) is 5.17. The molecule has 0 radical (unpaired) electrons. The summed E-state index contributed by atoms with van der Waals surface area (Å²) < 4.78 is 6.57. The van der Waals surface area contributed by atoms with Crippen LogP contribution in [0.1, 0.15) is 29.8 Å². The van der Waals surface area contributed by atoms with Crippen molar-refractivity contribution in [3.63, 3.8) is 0 Å². The van der Waals surface area contributed by atoms with E-state index in [-0.39, 0.29) is 11.0 Å². The normalized spacial score (nSPS) is 10.4. The summed E-state index contributed by atoms with van der Waals surface area (Å²) in [6, 6.07) is 23.4. The van der Waals surface area contributed by atoms with Crippen molar-refractivity contribution >= 4 is 50.5 Å². The number of carbonyl (C=O) groups excluding carboxylic acids is 1. The number of ether oxygens (including phenoxy) is 1. The zero-order valence-corrected chi connectivity index (χ0v) is 21.2.